The topological polar surface area (TPSA) is 36.9 Å². The molecule has 4 heteroatoms. The fourth-order valence-corrected chi connectivity index (χ4v) is 2.60. The second kappa shape index (κ2) is 4.07. The van der Waals surface area contributed by atoms with Crippen LogP contribution in [0.15, 0.2) is 24.3 Å². The molecule has 1 aliphatic carbocycles. The van der Waals surface area contributed by atoms with Crippen molar-refractivity contribution in [1.29, 1.82) is 0 Å². The molecule has 1 saturated carbocycles. The summed E-state index contributed by atoms with van der Waals surface area (Å²) in [6.45, 7) is 0. The summed E-state index contributed by atoms with van der Waals surface area (Å²) in [5, 5.41) is 0. The van der Waals surface area contributed by atoms with E-state index in [4.69, 9.17) is 19.2 Å². The SMILES string of the molecule is COC1OOC(OC)C2(CC2)c2ccccc21. The van der Waals surface area contributed by atoms with E-state index >= 15 is 0 Å². The van der Waals surface area contributed by atoms with E-state index in [1.54, 1.807) is 14.2 Å². The highest BCUT2D eigenvalue weighted by molar-refractivity contribution is 5.40. The fourth-order valence-electron chi connectivity index (χ4n) is 2.60. The number of hydrogen-bond acceptors (Lipinski definition) is 4. The van der Waals surface area contributed by atoms with Gasteiger partial charge in [0.1, 0.15) is 0 Å². The molecule has 1 aliphatic heterocycles. The summed E-state index contributed by atoms with van der Waals surface area (Å²) < 4.78 is 10.7. The van der Waals surface area contributed by atoms with Gasteiger partial charge in [-0.15, -0.1) is 0 Å². The zero-order valence-corrected chi connectivity index (χ0v) is 10.0. The Morgan fingerprint density at radius 3 is 2.53 bits per heavy atom. The highest BCUT2D eigenvalue weighted by Gasteiger charge is 2.56. The second-order valence-corrected chi connectivity index (χ2v) is 4.57. The van der Waals surface area contributed by atoms with Crippen molar-refractivity contribution in [3.63, 3.8) is 0 Å². The predicted molar refractivity (Wildman–Crippen MR) is 60.1 cm³/mol. The van der Waals surface area contributed by atoms with E-state index in [1.165, 1.54) is 5.56 Å². The Morgan fingerprint density at radius 1 is 1.12 bits per heavy atom. The monoisotopic (exact) mass is 236 g/mol. The van der Waals surface area contributed by atoms with Gasteiger partial charge in [0.2, 0.25) is 12.6 Å². The summed E-state index contributed by atoms with van der Waals surface area (Å²) >= 11 is 0. The molecule has 0 N–H and O–H groups in total. The number of benzene rings is 1. The molecule has 2 atom stereocenters. The van der Waals surface area contributed by atoms with Crippen molar-refractivity contribution in [2.45, 2.75) is 30.8 Å². The van der Waals surface area contributed by atoms with Crippen molar-refractivity contribution in [1.82, 2.24) is 0 Å². The molecular weight excluding hydrogens is 220 g/mol. The predicted octanol–water partition coefficient (Wildman–Crippen LogP) is 2.30. The number of rotatable bonds is 2. The lowest BCUT2D eigenvalue weighted by Crippen LogP contribution is -2.29. The smallest absolute Gasteiger partial charge is 0.217 e. The Hall–Kier alpha value is -0.940. The van der Waals surface area contributed by atoms with Crippen molar-refractivity contribution >= 4 is 0 Å². The minimum Gasteiger partial charge on any atom is -0.352 e. The van der Waals surface area contributed by atoms with Gasteiger partial charge in [-0.3, -0.25) is 0 Å². The van der Waals surface area contributed by atoms with Gasteiger partial charge >= 0.3 is 0 Å². The van der Waals surface area contributed by atoms with Crippen LogP contribution in [-0.4, -0.2) is 20.5 Å². The van der Waals surface area contributed by atoms with E-state index in [9.17, 15) is 0 Å². The lowest BCUT2D eigenvalue weighted by Gasteiger charge is -2.22. The Balaban J connectivity index is 2.09. The molecule has 1 fully saturated rings. The molecule has 1 spiro atoms. The Bertz CT molecular complexity index is 414. The molecule has 1 heterocycles. The molecule has 0 saturated heterocycles. The summed E-state index contributed by atoms with van der Waals surface area (Å²) in [5.41, 5.74) is 2.20. The van der Waals surface area contributed by atoms with E-state index in [0.717, 1.165) is 18.4 Å². The molecule has 1 aromatic carbocycles. The number of ether oxygens (including phenoxy) is 2. The Morgan fingerprint density at radius 2 is 1.88 bits per heavy atom. The van der Waals surface area contributed by atoms with Crippen LogP contribution >= 0.6 is 0 Å². The molecule has 17 heavy (non-hydrogen) atoms. The van der Waals surface area contributed by atoms with Crippen molar-refractivity contribution in [3.8, 4) is 0 Å². The van der Waals surface area contributed by atoms with Crippen LogP contribution in [0.3, 0.4) is 0 Å². The van der Waals surface area contributed by atoms with Gasteiger partial charge in [0.15, 0.2) is 0 Å². The number of methoxy groups -OCH3 is 2. The highest BCUT2D eigenvalue weighted by Crippen LogP contribution is 2.55. The molecule has 0 bridgehead atoms. The fraction of sp³-hybridized carbons (Fsp3) is 0.538. The first kappa shape index (κ1) is 11.2. The molecule has 0 aromatic heterocycles. The normalized spacial score (nSPS) is 29.8. The summed E-state index contributed by atoms with van der Waals surface area (Å²) in [6, 6.07) is 8.14. The first-order chi connectivity index (χ1) is 8.31. The standard InChI is InChI=1S/C13H16O4/c1-14-11-9-5-3-4-6-10(9)13(7-8-13)12(15-2)17-16-11/h3-6,11-12H,7-8H2,1-2H3. The van der Waals surface area contributed by atoms with Crippen molar-refractivity contribution in [3.05, 3.63) is 35.4 Å². The van der Waals surface area contributed by atoms with Crippen LogP contribution in [0.1, 0.15) is 30.3 Å². The van der Waals surface area contributed by atoms with Crippen LogP contribution < -0.4 is 0 Å². The van der Waals surface area contributed by atoms with Crippen LogP contribution in [0, 0.1) is 0 Å². The molecular formula is C13H16O4. The van der Waals surface area contributed by atoms with Gasteiger partial charge in [0.05, 0.1) is 0 Å². The Labute approximate surface area is 100 Å². The molecule has 2 unspecified atom stereocenters. The van der Waals surface area contributed by atoms with E-state index < -0.39 is 6.29 Å². The first-order valence-corrected chi connectivity index (χ1v) is 5.79. The van der Waals surface area contributed by atoms with Crippen molar-refractivity contribution in [2.24, 2.45) is 0 Å². The zero-order chi connectivity index (χ0) is 11.9. The van der Waals surface area contributed by atoms with Crippen LogP contribution in [0.4, 0.5) is 0 Å². The summed E-state index contributed by atoms with van der Waals surface area (Å²) in [7, 11) is 3.25. The van der Waals surface area contributed by atoms with Gasteiger partial charge in [0.25, 0.3) is 0 Å². The molecule has 0 amide bonds. The van der Waals surface area contributed by atoms with Gasteiger partial charge in [-0.1, -0.05) is 24.3 Å². The molecule has 1 aromatic rings. The van der Waals surface area contributed by atoms with E-state index in [0.29, 0.717) is 0 Å². The van der Waals surface area contributed by atoms with Crippen molar-refractivity contribution in [2.75, 3.05) is 14.2 Å². The third kappa shape index (κ3) is 1.60. The summed E-state index contributed by atoms with van der Waals surface area (Å²) in [4.78, 5) is 10.7. The van der Waals surface area contributed by atoms with Gasteiger partial charge in [-0.05, 0) is 18.4 Å². The van der Waals surface area contributed by atoms with Gasteiger partial charge in [0, 0.05) is 25.2 Å². The van der Waals surface area contributed by atoms with E-state index in [1.807, 2.05) is 18.2 Å². The maximum absolute atomic E-state index is 5.40. The molecule has 3 rings (SSSR count). The van der Waals surface area contributed by atoms with E-state index in [-0.39, 0.29) is 11.7 Å². The lowest BCUT2D eigenvalue weighted by molar-refractivity contribution is -0.434. The third-order valence-electron chi connectivity index (χ3n) is 3.65. The maximum atomic E-state index is 5.40. The van der Waals surface area contributed by atoms with Crippen LogP contribution in [0.25, 0.3) is 0 Å². The van der Waals surface area contributed by atoms with Crippen molar-refractivity contribution < 1.29 is 19.2 Å². The lowest BCUT2D eigenvalue weighted by atomic mass is 9.90. The highest BCUT2D eigenvalue weighted by atomic mass is 17.2. The van der Waals surface area contributed by atoms with Crippen LogP contribution in [-0.2, 0) is 24.7 Å². The average Bonchev–Trinajstić information content (AvgIpc) is 3.17. The number of fused-ring (bicyclic) bond motifs is 2. The largest absolute Gasteiger partial charge is 0.352 e. The molecule has 2 aliphatic rings. The van der Waals surface area contributed by atoms with Gasteiger partial charge < -0.3 is 9.47 Å². The second-order valence-electron chi connectivity index (χ2n) is 4.57. The van der Waals surface area contributed by atoms with Gasteiger partial charge in [-0.2, -0.15) is 4.89 Å². The summed E-state index contributed by atoms with van der Waals surface area (Å²) in [6.07, 6.45) is 1.28. The molecule has 0 radical (unpaired) electrons. The minimum atomic E-state index is -0.483. The third-order valence-corrected chi connectivity index (χ3v) is 3.65. The molecule has 92 valence electrons. The minimum absolute atomic E-state index is 0.0569. The number of hydrogen-bond donors (Lipinski definition) is 0. The molecule has 4 nitrogen and oxygen atoms in total. The zero-order valence-electron chi connectivity index (χ0n) is 10.0. The summed E-state index contributed by atoms with van der Waals surface area (Å²) in [5.74, 6) is 0. The van der Waals surface area contributed by atoms with Crippen LogP contribution in [0.2, 0.25) is 0 Å². The van der Waals surface area contributed by atoms with Crippen LogP contribution in [0.5, 0.6) is 0 Å². The first-order valence-electron chi connectivity index (χ1n) is 5.79. The average molecular weight is 236 g/mol. The van der Waals surface area contributed by atoms with Gasteiger partial charge in [-0.25, -0.2) is 4.89 Å². The maximum Gasteiger partial charge on any atom is 0.217 e. The quantitative estimate of drug-likeness (QED) is 0.738. The van der Waals surface area contributed by atoms with E-state index in [2.05, 4.69) is 6.07 Å². The Kier molecular flexibility index (Phi) is 2.67.